The van der Waals surface area contributed by atoms with E-state index in [1.807, 2.05) is 17.0 Å². The van der Waals surface area contributed by atoms with Crippen LogP contribution in [0, 0.1) is 5.41 Å². The molecule has 1 aromatic carbocycles. The summed E-state index contributed by atoms with van der Waals surface area (Å²) in [5, 5.41) is 9.20. The number of methoxy groups -OCH3 is 1. The first-order chi connectivity index (χ1) is 11.6. The number of benzene rings is 1. The normalized spacial score (nSPS) is 25.2. The fraction of sp³-hybridized carbons (Fsp3) is 0.632. The molecule has 5 heteroatoms. The molecule has 1 N–H and O–H groups in total. The number of hydrogen-bond acceptors (Lipinski definition) is 4. The second kappa shape index (κ2) is 7.53. The van der Waals surface area contributed by atoms with Crippen LogP contribution in [-0.2, 0) is 11.3 Å². The van der Waals surface area contributed by atoms with Gasteiger partial charge in [-0.15, -0.1) is 0 Å². The summed E-state index contributed by atoms with van der Waals surface area (Å²) in [4.78, 5) is 16.4. The first kappa shape index (κ1) is 17.2. The van der Waals surface area contributed by atoms with Crippen molar-refractivity contribution in [1.29, 1.82) is 0 Å². The van der Waals surface area contributed by atoms with E-state index in [1.165, 1.54) is 18.4 Å². The number of likely N-dealkylation sites (tertiary alicyclic amines) is 2. The molecule has 3 rings (SSSR count). The molecule has 2 heterocycles. The number of rotatable bonds is 5. The molecule has 24 heavy (non-hydrogen) atoms. The van der Waals surface area contributed by atoms with E-state index in [2.05, 4.69) is 17.0 Å². The minimum absolute atomic E-state index is 0.0509. The van der Waals surface area contributed by atoms with Crippen LogP contribution in [0.15, 0.2) is 24.3 Å². The minimum Gasteiger partial charge on any atom is -0.497 e. The first-order valence-corrected chi connectivity index (χ1v) is 8.88. The number of carbonyl (C=O) groups excluding carboxylic acids is 1. The smallest absolute Gasteiger partial charge is 0.222 e. The molecule has 2 aliphatic heterocycles. The van der Waals surface area contributed by atoms with E-state index in [0.717, 1.165) is 38.3 Å². The second-order valence-electron chi connectivity index (χ2n) is 7.20. The number of piperidine rings is 2. The molecule has 5 nitrogen and oxygen atoms in total. The molecule has 2 saturated heterocycles. The summed E-state index contributed by atoms with van der Waals surface area (Å²) >= 11 is 0. The third kappa shape index (κ3) is 3.90. The van der Waals surface area contributed by atoms with Crippen LogP contribution >= 0.6 is 0 Å². The van der Waals surface area contributed by atoms with Gasteiger partial charge in [0.15, 0.2) is 0 Å². The lowest BCUT2D eigenvalue weighted by molar-refractivity contribution is -0.140. The van der Waals surface area contributed by atoms with Crippen LogP contribution in [0.25, 0.3) is 0 Å². The van der Waals surface area contributed by atoms with Crippen LogP contribution in [0.1, 0.15) is 31.2 Å². The third-order valence-electron chi connectivity index (χ3n) is 5.40. The van der Waals surface area contributed by atoms with Crippen molar-refractivity contribution in [3.8, 4) is 5.75 Å². The van der Waals surface area contributed by atoms with E-state index in [0.29, 0.717) is 13.0 Å². The van der Waals surface area contributed by atoms with Crippen LogP contribution < -0.4 is 4.74 Å². The Morgan fingerprint density at radius 2 is 2.17 bits per heavy atom. The summed E-state index contributed by atoms with van der Waals surface area (Å²) in [6.07, 6.45) is 3.94. The Labute approximate surface area is 144 Å². The maximum atomic E-state index is 12.0. The highest BCUT2D eigenvalue weighted by Gasteiger charge is 2.41. The molecule has 1 spiro atoms. The lowest BCUT2D eigenvalue weighted by Gasteiger charge is -2.48. The molecule has 0 bridgehead atoms. The Kier molecular flexibility index (Phi) is 5.41. The van der Waals surface area contributed by atoms with E-state index >= 15 is 0 Å². The number of β-amino-alcohol motifs (C(OH)–C–C–N with tert-alkyl or cyclic N) is 1. The van der Waals surface area contributed by atoms with Crippen LogP contribution in [0.3, 0.4) is 0 Å². The zero-order valence-corrected chi connectivity index (χ0v) is 14.5. The fourth-order valence-electron chi connectivity index (χ4n) is 4.23. The molecule has 1 aromatic rings. The van der Waals surface area contributed by atoms with Gasteiger partial charge in [0.2, 0.25) is 5.91 Å². The van der Waals surface area contributed by atoms with E-state index in [4.69, 9.17) is 4.74 Å². The minimum atomic E-state index is 0.0509. The molecular weight excluding hydrogens is 304 g/mol. The number of nitrogens with zero attached hydrogens (tertiary/aromatic N) is 2. The quantitative estimate of drug-likeness (QED) is 0.895. The average molecular weight is 332 g/mol. The first-order valence-electron chi connectivity index (χ1n) is 8.88. The van der Waals surface area contributed by atoms with Crippen molar-refractivity contribution < 1.29 is 14.6 Å². The topological polar surface area (TPSA) is 53.0 Å². The van der Waals surface area contributed by atoms with Gasteiger partial charge in [-0.3, -0.25) is 9.69 Å². The maximum Gasteiger partial charge on any atom is 0.222 e. The van der Waals surface area contributed by atoms with Crippen molar-refractivity contribution >= 4 is 5.91 Å². The largest absolute Gasteiger partial charge is 0.497 e. The predicted octanol–water partition coefficient (Wildman–Crippen LogP) is 1.89. The van der Waals surface area contributed by atoms with Crippen LogP contribution in [-0.4, -0.2) is 60.7 Å². The van der Waals surface area contributed by atoms with Gasteiger partial charge in [-0.2, -0.15) is 0 Å². The summed E-state index contributed by atoms with van der Waals surface area (Å²) in [6, 6.07) is 8.26. The molecule has 0 aliphatic carbocycles. The highest BCUT2D eigenvalue weighted by molar-refractivity contribution is 5.77. The summed E-state index contributed by atoms with van der Waals surface area (Å²) in [6.45, 7) is 4.37. The van der Waals surface area contributed by atoms with Crippen LogP contribution in [0.4, 0.5) is 0 Å². The van der Waals surface area contributed by atoms with Gasteiger partial charge in [-0.05, 0) is 43.5 Å². The number of hydrogen-bond donors (Lipinski definition) is 1. The zero-order valence-electron chi connectivity index (χ0n) is 14.5. The predicted molar refractivity (Wildman–Crippen MR) is 92.8 cm³/mol. The van der Waals surface area contributed by atoms with Crippen molar-refractivity contribution in [3.05, 3.63) is 29.8 Å². The van der Waals surface area contributed by atoms with E-state index in [-0.39, 0.29) is 17.9 Å². The third-order valence-corrected chi connectivity index (χ3v) is 5.40. The monoisotopic (exact) mass is 332 g/mol. The van der Waals surface area contributed by atoms with Crippen molar-refractivity contribution in [2.75, 3.05) is 39.9 Å². The Bertz CT molecular complexity index is 577. The number of aliphatic hydroxyl groups excluding tert-OH is 1. The van der Waals surface area contributed by atoms with E-state index in [9.17, 15) is 9.90 Å². The van der Waals surface area contributed by atoms with Gasteiger partial charge in [-0.1, -0.05) is 12.1 Å². The Morgan fingerprint density at radius 1 is 1.29 bits per heavy atom. The van der Waals surface area contributed by atoms with Gasteiger partial charge in [0.05, 0.1) is 13.7 Å². The summed E-state index contributed by atoms with van der Waals surface area (Å²) < 4.78 is 5.32. The Hall–Kier alpha value is -1.59. The number of ether oxygens (including phenoxy) is 1. The molecule has 2 aliphatic rings. The van der Waals surface area contributed by atoms with Crippen molar-refractivity contribution in [1.82, 2.24) is 9.80 Å². The molecule has 1 amide bonds. The second-order valence-corrected chi connectivity index (χ2v) is 7.20. The molecule has 1 atom stereocenters. The Balaban J connectivity index is 1.66. The molecule has 132 valence electrons. The van der Waals surface area contributed by atoms with Gasteiger partial charge in [0, 0.05) is 38.0 Å². The SMILES string of the molecule is COc1cccc(CN2CCCC3(CCC(=O)N(CCO)C3)C2)c1. The zero-order chi connectivity index (χ0) is 17.0. The summed E-state index contributed by atoms with van der Waals surface area (Å²) in [5.41, 5.74) is 1.46. The average Bonchev–Trinajstić information content (AvgIpc) is 2.59. The van der Waals surface area contributed by atoms with Crippen molar-refractivity contribution in [2.45, 2.75) is 32.2 Å². The molecule has 0 radical (unpaired) electrons. The summed E-state index contributed by atoms with van der Waals surface area (Å²) in [5.74, 6) is 1.09. The maximum absolute atomic E-state index is 12.0. The lowest BCUT2D eigenvalue weighted by atomic mass is 9.73. The van der Waals surface area contributed by atoms with Crippen LogP contribution in [0.2, 0.25) is 0 Å². The Morgan fingerprint density at radius 3 is 2.96 bits per heavy atom. The highest BCUT2D eigenvalue weighted by atomic mass is 16.5. The standard InChI is InChI=1S/C19H28N2O3/c1-24-17-5-2-4-16(12-17)13-20-9-3-7-19(14-20)8-6-18(23)21(15-19)10-11-22/h2,4-5,12,22H,3,6-11,13-15H2,1H3. The molecule has 1 unspecified atom stereocenters. The van der Waals surface area contributed by atoms with Crippen molar-refractivity contribution in [2.24, 2.45) is 5.41 Å². The van der Waals surface area contributed by atoms with Crippen molar-refractivity contribution in [3.63, 3.8) is 0 Å². The number of amides is 1. The van der Waals surface area contributed by atoms with Gasteiger partial charge in [0.25, 0.3) is 0 Å². The van der Waals surface area contributed by atoms with Crippen LogP contribution in [0.5, 0.6) is 5.75 Å². The van der Waals surface area contributed by atoms with E-state index < -0.39 is 0 Å². The fourth-order valence-corrected chi connectivity index (χ4v) is 4.23. The van der Waals surface area contributed by atoms with Gasteiger partial charge in [0.1, 0.15) is 5.75 Å². The van der Waals surface area contributed by atoms with Gasteiger partial charge in [-0.25, -0.2) is 0 Å². The molecule has 2 fully saturated rings. The molecular formula is C19H28N2O3. The van der Waals surface area contributed by atoms with Gasteiger partial charge >= 0.3 is 0 Å². The van der Waals surface area contributed by atoms with E-state index in [1.54, 1.807) is 7.11 Å². The molecule has 0 saturated carbocycles. The van der Waals surface area contributed by atoms with Gasteiger partial charge < -0.3 is 14.7 Å². The number of carbonyl (C=O) groups is 1. The lowest BCUT2D eigenvalue weighted by Crippen LogP contribution is -2.54. The highest BCUT2D eigenvalue weighted by Crippen LogP contribution is 2.39. The summed E-state index contributed by atoms with van der Waals surface area (Å²) in [7, 11) is 1.70. The molecule has 0 aromatic heterocycles. The number of aliphatic hydroxyl groups is 1.